The Morgan fingerprint density at radius 2 is 1.78 bits per heavy atom. The van der Waals surface area contributed by atoms with Crippen molar-refractivity contribution in [1.29, 1.82) is 0 Å². The van der Waals surface area contributed by atoms with Crippen molar-refractivity contribution in [3.05, 3.63) is 59.2 Å². The lowest BCUT2D eigenvalue weighted by Gasteiger charge is -2.39. The van der Waals surface area contributed by atoms with Gasteiger partial charge in [-0.3, -0.25) is 9.59 Å². The molecular weight excluding hydrogens is 458 g/mol. The van der Waals surface area contributed by atoms with E-state index in [1.165, 1.54) is 0 Å². The van der Waals surface area contributed by atoms with Gasteiger partial charge in [-0.05, 0) is 50.7 Å². The quantitative estimate of drug-likeness (QED) is 0.436. The van der Waals surface area contributed by atoms with Gasteiger partial charge in [-0.15, -0.1) is 0 Å². The minimum atomic E-state index is -0.0986. The molecule has 2 fully saturated rings. The predicted octanol–water partition coefficient (Wildman–Crippen LogP) is 3.87. The minimum Gasteiger partial charge on any atom is -0.493 e. The number of carbonyl (C=O) groups is 2. The Morgan fingerprint density at radius 3 is 2.53 bits per heavy atom. The van der Waals surface area contributed by atoms with Gasteiger partial charge in [0.1, 0.15) is 0 Å². The van der Waals surface area contributed by atoms with Crippen LogP contribution in [-0.4, -0.2) is 69.5 Å². The van der Waals surface area contributed by atoms with E-state index in [1.807, 2.05) is 47.9 Å². The molecule has 3 aromatic heterocycles. The number of hydrogen-bond donors (Lipinski definition) is 0. The third-order valence-corrected chi connectivity index (χ3v) is 7.85. The van der Waals surface area contributed by atoms with Crippen molar-refractivity contribution in [3.63, 3.8) is 0 Å². The van der Waals surface area contributed by atoms with Gasteiger partial charge < -0.3 is 19.0 Å². The zero-order chi connectivity index (χ0) is 25.0. The largest absolute Gasteiger partial charge is 0.493 e. The molecule has 1 spiro atoms. The first-order valence-corrected chi connectivity index (χ1v) is 12.3. The van der Waals surface area contributed by atoms with Crippen molar-refractivity contribution >= 4 is 28.4 Å². The van der Waals surface area contributed by atoms with Crippen LogP contribution in [0, 0.1) is 19.3 Å². The third kappa shape index (κ3) is 3.61. The summed E-state index contributed by atoms with van der Waals surface area (Å²) in [6.45, 7) is 6.54. The first-order valence-electron chi connectivity index (χ1n) is 12.3. The molecule has 0 saturated carbocycles. The van der Waals surface area contributed by atoms with Gasteiger partial charge in [-0.2, -0.15) is 5.10 Å². The van der Waals surface area contributed by atoms with E-state index in [2.05, 4.69) is 10.1 Å². The Hall–Kier alpha value is -3.88. The summed E-state index contributed by atoms with van der Waals surface area (Å²) in [6, 6.07) is 9.31. The summed E-state index contributed by atoms with van der Waals surface area (Å²) in [5, 5.41) is 5.32. The van der Waals surface area contributed by atoms with Crippen LogP contribution in [0.5, 0.6) is 5.75 Å². The van der Waals surface area contributed by atoms with Crippen LogP contribution in [-0.2, 0) is 0 Å². The van der Waals surface area contributed by atoms with E-state index < -0.39 is 0 Å². The van der Waals surface area contributed by atoms with Gasteiger partial charge >= 0.3 is 0 Å². The number of aryl methyl sites for hydroxylation is 2. The van der Waals surface area contributed by atoms with Crippen LogP contribution in [0.25, 0.3) is 16.6 Å². The number of rotatable bonds is 3. The molecule has 36 heavy (non-hydrogen) atoms. The molecule has 0 bridgehead atoms. The monoisotopic (exact) mass is 487 g/mol. The Balaban J connectivity index is 1.13. The number of piperidine rings is 1. The van der Waals surface area contributed by atoms with Crippen LogP contribution < -0.4 is 4.74 Å². The molecule has 0 aliphatic carbocycles. The fraction of sp³-hybridized carbons (Fsp3) is 0.407. The average Bonchev–Trinajstić information content (AvgIpc) is 3.60. The summed E-state index contributed by atoms with van der Waals surface area (Å²) >= 11 is 0. The highest BCUT2D eigenvalue weighted by molar-refractivity contribution is 5.97. The number of nitrogens with zero attached hydrogens (tertiary/aromatic N) is 5. The third-order valence-electron chi connectivity index (χ3n) is 7.85. The van der Waals surface area contributed by atoms with E-state index in [1.54, 1.807) is 23.9 Å². The number of para-hydroxylation sites is 1. The van der Waals surface area contributed by atoms with Crippen LogP contribution in [0.4, 0.5) is 0 Å². The predicted molar refractivity (Wildman–Crippen MR) is 133 cm³/mol. The molecule has 0 atom stereocenters. The second kappa shape index (κ2) is 8.36. The number of carbonyl (C=O) groups excluding carboxylic acids is 2. The molecule has 0 N–H and O–H groups in total. The first kappa shape index (κ1) is 22.6. The zero-order valence-corrected chi connectivity index (χ0v) is 20.8. The van der Waals surface area contributed by atoms with Crippen LogP contribution in [0.2, 0.25) is 0 Å². The van der Waals surface area contributed by atoms with Crippen LogP contribution in [0.15, 0.2) is 40.9 Å². The molecule has 2 saturated heterocycles. The van der Waals surface area contributed by atoms with E-state index in [-0.39, 0.29) is 17.2 Å². The normalized spacial score (nSPS) is 17.4. The van der Waals surface area contributed by atoms with Crippen molar-refractivity contribution < 1.29 is 18.7 Å². The number of methoxy groups -OCH3 is 1. The number of amides is 2. The molecular formula is C27H29N5O4. The highest BCUT2D eigenvalue weighted by Gasteiger charge is 2.43. The molecule has 186 valence electrons. The lowest BCUT2D eigenvalue weighted by molar-refractivity contribution is 0.0542. The summed E-state index contributed by atoms with van der Waals surface area (Å²) in [4.78, 5) is 34.8. The van der Waals surface area contributed by atoms with Crippen molar-refractivity contribution in [1.82, 2.24) is 24.4 Å². The molecule has 6 rings (SSSR count). The number of furan rings is 1. The molecule has 1 aromatic carbocycles. The maximum Gasteiger partial charge on any atom is 0.289 e. The number of benzene rings is 1. The molecule has 2 amide bonds. The highest BCUT2D eigenvalue weighted by atomic mass is 16.5. The minimum absolute atomic E-state index is 0.00153. The van der Waals surface area contributed by atoms with Gasteiger partial charge in [-0.1, -0.05) is 12.1 Å². The molecule has 9 heteroatoms. The van der Waals surface area contributed by atoms with Crippen LogP contribution >= 0.6 is 0 Å². The fourth-order valence-corrected chi connectivity index (χ4v) is 5.70. The van der Waals surface area contributed by atoms with Gasteiger partial charge in [0.15, 0.2) is 22.7 Å². The van der Waals surface area contributed by atoms with Crippen LogP contribution in [0.1, 0.15) is 51.6 Å². The standard InChI is InChI=1S/C27H29N5O4/c1-17-13-23-28-15-20(18(2)32(23)29-17)25(33)31-12-9-27(16-31)7-10-30(11-8-27)26(34)22-14-19-5-4-6-21(35-3)24(19)36-22/h4-6,13-15H,7-12,16H2,1-3H3. The molecule has 0 radical (unpaired) electrons. The Morgan fingerprint density at radius 1 is 1.03 bits per heavy atom. The Labute approximate surface area is 208 Å². The van der Waals surface area contributed by atoms with Gasteiger partial charge in [0.05, 0.1) is 24.1 Å². The Kier molecular flexibility index (Phi) is 5.24. The molecule has 5 heterocycles. The van der Waals surface area contributed by atoms with E-state index in [4.69, 9.17) is 9.15 Å². The first-order chi connectivity index (χ1) is 17.4. The average molecular weight is 488 g/mol. The fourth-order valence-electron chi connectivity index (χ4n) is 5.70. The van der Waals surface area contributed by atoms with Crippen molar-refractivity contribution in [3.8, 4) is 5.75 Å². The summed E-state index contributed by atoms with van der Waals surface area (Å²) in [5.41, 5.74) is 3.65. The molecule has 2 aliphatic heterocycles. The SMILES string of the molecule is COc1cccc2cc(C(=O)N3CCC4(CC3)CCN(C(=O)c3cnc5cc(C)nn5c3C)C4)oc12. The van der Waals surface area contributed by atoms with Crippen molar-refractivity contribution in [2.45, 2.75) is 33.1 Å². The van der Waals surface area contributed by atoms with Crippen molar-refractivity contribution in [2.24, 2.45) is 5.41 Å². The topological polar surface area (TPSA) is 93.2 Å². The van der Waals surface area contributed by atoms with Gasteiger partial charge in [0.25, 0.3) is 11.8 Å². The van der Waals surface area contributed by atoms with Gasteiger partial charge in [0.2, 0.25) is 0 Å². The second-order valence-electron chi connectivity index (χ2n) is 10.1. The number of likely N-dealkylation sites (tertiary alicyclic amines) is 2. The second-order valence-corrected chi connectivity index (χ2v) is 10.1. The number of aromatic nitrogens is 3. The van der Waals surface area contributed by atoms with E-state index in [0.717, 1.165) is 41.7 Å². The summed E-state index contributed by atoms with van der Waals surface area (Å²) in [7, 11) is 1.59. The lowest BCUT2D eigenvalue weighted by Crippen LogP contribution is -2.44. The number of ether oxygens (including phenoxy) is 1. The zero-order valence-electron chi connectivity index (χ0n) is 20.8. The van der Waals surface area contributed by atoms with Gasteiger partial charge in [0, 0.05) is 43.8 Å². The molecule has 0 unspecified atom stereocenters. The van der Waals surface area contributed by atoms with E-state index in [9.17, 15) is 9.59 Å². The van der Waals surface area contributed by atoms with Crippen LogP contribution in [0.3, 0.4) is 0 Å². The number of hydrogen-bond acceptors (Lipinski definition) is 6. The highest BCUT2D eigenvalue weighted by Crippen LogP contribution is 2.41. The molecule has 2 aliphatic rings. The summed E-state index contributed by atoms with van der Waals surface area (Å²) in [5.74, 6) is 0.855. The van der Waals surface area contributed by atoms with Crippen molar-refractivity contribution in [2.75, 3.05) is 33.3 Å². The molecule has 4 aromatic rings. The summed E-state index contributed by atoms with van der Waals surface area (Å²) < 4.78 is 13.0. The maximum absolute atomic E-state index is 13.4. The van der Waals surface area contributed by atoms with Gasteiger partial charge in [-0.25, -0.2) is 9.50 Å². The lowest BCUT2D eigenvalue weighted by atomic mass is 9.77. The smallest absolute Gasteiger partial charge is 0.289 e. The molecule has 9 nitrogen and oxygen atoms in total. The van der Waals surface area contributed by atoms with E-state index in [0.29, 0.717) is 48.8 Å². The summed E-state index contributed by atoms with van der Waals surface area (Å²) in [6.07, 6.45) is 4.34. The number of fused-ring (bicyclic) bond motifs is 2. The Bertz CT molecular complexity index is 1490. The maximum atomic E-state index is 13.4. The van der Waals surface area contributed by atoms with E-state index >= 15 is 0 Å².